The molecule has 0 unspecified atom stereocenters. The first kappa shape index (κ1) is 16.8. The monoisotopic (exact) mass is 341 g/mol. The second-order valence-corrected chi connectivity index (χ2v) is 5.99. The molecule has 0 aliphatic carbocycles. The molecule has 0 atom stereocenters. The first-order chi connectivity index (χ1) is 11.9. The molecule has 0 bridgehead atoms. The minimum atomic E-state index is -0.420. The van der Waals surface area contributed by atoms with E-state index in [1.54, 1.807) is 17.0 Å². The summed E-state index contributed by atoms with van der Waals surface area (Å²) in [6.45, 7) is 2.61. The van der Waals surface area contributed by atoms with E-state index in [0.717, 1.165) is 11.1 Å². The highest BCUT2D eigenvalue weighted by Gasteiger charge is 2.27. The van der Waals surface area contributed by atoms with Crippen LogP contribution in [-0.4, -0.2) is 34.1 Å². The maximum atomic E-state index is 12.8. The number of carbonyl (C=O) groups is 2. The number of aryl methyl sites for hydroxylation is 1. The quantitative estimate of drug-likeness (QED) is 0.838. The molecule has 0 radical (unpaired) electrons. The van der Waals surface area contributed by atoms with Crippen molar-refractivity contribution in [3.8, 4) is 11.5 Å². The predicted molar refractivity (Wildman–Crippen MR) is 90.5 cm³/mol. The Labute approximate surface area is 145 Å². The molecule has 2 N–H and O–H groups in total. The van der Waals surface area contributed by atoms with Crippen LogP contribution in [0.25, 0.3) is 0 Å². The van der Waals surface area contributed by atoms with Gasteiger partial charge in [0.2, 0.25) is 0 Å². The summed E-state index contributed by atoms with van der Waals surface area (Å²) < 4.78 is 4.72. The van der Waals surface area contributed by atoms with Gasteiger partial charge in [0, 0.05) is 19.2 Å². The van der Waals surface area contributed by atoms with Crippen molar-refractivity contribution in [2.75, 3.05) is 7.11 Å². The lowest BCUT2D eigenvalue weighted by atomic mass is 10.1. The van der Waals surface area contributed by atoms with Crippen molar-refractivity contribution in [1.29, 1.82) is 0 Å². The highest BCUT2D eigenvalue weighted by atomic mass is 16.5. The van der Waals surface area contributed by atoms with Crippen LogP contribution in [-0.2, 0) is 24.2 Å². The third kappa shape index (κ3) is 3.03. The summed E-state index contributed by atoms with van der Waals surface area (Å²) in [6, 6.07) is 7.93. The zero-order chi connectivity index (χ0) is 18.1. The number of amides is 1. The fourth-order valence-corrected chi connectivity index (χ4v) is 3.03. The molecule has 1 aliphatic rings. The maximum Gasteiger partial charge on any atom is 0.337 e. The molecule has 25 heavy (non-hydrogen) atoms. The number of benzene rings is 2. The van der Waals surface area contributed by atoms with Gasteiger partial charge in [0.15, 0.2) is 0 Å². The van der Waals surface area contributed by atoms with E-state index in [-0.39, 0.29) is 23.0 Å². The molecule has 2 aromatic rings. The van der Waals surface area contributed by atoms with Crippen LogP contribution in [0.4, 0.5) is 0 Å². The van der Waals surface area contributed by atoms with E-state index in [0.29, 0.717) is 30.6 Å². The van der Waals surface area contributed by atoms with Crippen LogP contribution in [0.5, 0.6) is 11.5 Å². The first-order valence-electron chi connectivity index (χ1n) is 7.98. The average molecular weight is 341 g/mol. The summed E-state index contributed by atoms with van der Waals surface area (Å²) in [5.74, 6) is -1.01. The Morgan fingerprint density at radius 2 is 1.80 bits per heavy atom. The second kappa shape index (κ2) is 6.47. The number of fused-ring (bicyclic) bond motifs is 1. The van der Waals surface area contributed by atoms with Crippen LogP contribution in [0.2, 0.25) is 0 Å². The van der Waals surface area contributed by atoms with Crippen molar-refractivity contribution in [3.63, 3.8) is 0 Å². The molecule has 0 spiro atoms. The molecule has 6 nitrogen and oxygen atoms in total. The Morgan fingerprint density at radius 1 is 1.08 bits per heavy atom. The van der Waals surface area contributed by atoms with Crippen molar-refractivity contribution < 1.29 is 24.5 Å². The summed E-state index contributed by atoms with van der Waals surface area (Å²) in [5.41, 5.74) is 3.04. The van der Waals surface area contributed by atoms with Crippen LogP contribution in [0, 0.1) is 0 Å². The number of nitrogens with zero attached hydrogens (tertiary/aromatic N) is 1. The normalized spacial score (nSPS) is 12.8. The third-order valence-electron chi connectivity index (χ3n) is 4.45. The number of hydrogen-bond donors (Lipinski definition) is 2. The number of phenolic OH excluding ortho intramolecular Hbond substituents is 2. The number of hydrogen-bond acceptors (Lipinski definition) is 5. The minimum Gasteiger partial charge on any atom is -0.508 e. The van der Waals surface area contributed by atoms with Gasteiger partial charge in [-0.2, -0.15) is 0 Å². The fourth-order valence-electron chi connectivity index (χ4n) is 3.03. The van der Waals surface area contributed by atoms with Crippen LogP contribution < -0.4 is 0 Å². The van der Waals surface area contributed by atoms with Crippen molar-refractivity contribution in [1.82, 2.24) is 4.90 Å². The Bertz CT molecular complexity index is 859. The van der Waals surface area contributed by atoms with Crippen LogP contribution in [0.3, 0.4) is 0 Å². The van der Waals surface area contributed by atoms with Crippen molar-refractivity contribution in [2.45, 2.75) is 26.4 Å². The summed E-state index contributed by atoms with van der Waals surface area (Å²) in [5, 5.41) is 19.8. The fraction of sp³-hybridized carbons (Fsp3) is 0.263. The molecule has 130 valence electrons. The minimum absolute atomic E-state index is 0.0241. The Kier molecular flexibility index (Phi) is 4.35. The lowest BCUT2D eigenvalue weighted by molar-refractivity contribution is 0.0600. The van der Waals surface area contributed by atoms with E-state index in [1.807, 2.05) is 13.0 Å². The van der Waals surface area contributed by atoms with Gasteiger partial charge in [0.25, 0.3) is 5.91 Å². The summed E-state index contributed by atoms with van der Waals surface area (Å²) in [6.07, 6.45) is 0.551. The van der Waals surface area contributed by atoms with Crippen molar-refractivity contribution in [2.24, 2.45) is 0 Å². The molecule has 0 aromatic heterocycles. The van der Waals surface area contributed by atoms with Gasteiger partial charge in [-0.05, 0) is 41.3 Å². The largest absolute Gasteiger partial charge is 0.508 e. The second-order valence-electron chi connectivity index (χ2n) is 5.99. The Morgan fingerprint density at radius 3 is 2.48 bits per heavy atom. The first-order valence-corrected chi connectivity index (χ1v) is 7.98. The SMILES string of the molecule is CCc1cc(C(=O)N2Cc3ccc(C(=O)OC)cc3C2)c(O)cc1O. The van der Waals surface area contributed by atoms with E-state index >= 15 is 0 Å². The lowest BCUT2D eigenvalue weighted by Crippen LogP contribution is -2.25. The molecule has 1 aliphatic heterocycles. The van der Waals surface area contributed by atoms with Gasteiger partial charge in [-0.3, -0.25) is 4.79 Å². The van der Waals surface area contributed by atoms with E-state index in [9.17, 15) is 19.8 Å². The predicted octanol–water partition coefficient (Wildman–Crippen LogP) is 2.60. The summed E-state index contributed by atoms with van der Waals surface area (Å²) in [4.78, 5) is 26.0. The highest BCUT2D eigenvalue weighted by Crippen LogP contribution is 2.31. The molecule has 2 aromatic carbocycles. The van der Waals surface area contributed by atoms with Crippen LogP contribution in [0.1, 0.15) is 44.3 Å². The number of carbonyl (C=O) groups excluding carboxylic acids is 2. The Hall–Kier alpha value is -3.02. The van der Waals surface area contributed by atoms with Crippen LogP contribution in [0.15, 0.2) is 30.3 Å². The van der Waals surface area contributed by atoms with Crippen molar-refractivity contribution in [3.05, 3.63) is 58.1 Å². The number of methoxy groups -OCH3 is 1. The van der Waals surface area contributed by atoms with E-state index in [2.05, 4.69) is 0 Å². The molecule has 0 fully saturated rings. The number of esters is 1. The van der Waals surface area contributed by atoms with Gasteiger partial charge < -0.3 is 19.8 Å². The zero-order valence-corrected chi connectivity index (χ0v) is 14.1. The van der Waals surface area contributed by atoms with Gasteiger partial charge >= 0.3 is 5.97 Å². The molecule has 0 saturated carbocycles. The summed E-state index contributed by atoms with van der Waals surface area (Å²) in [7, 11) is 1.32. The number of rotatable bonds is 3. The van der Waals surface area contributed by atoms with Gasteiger partial charge in [0.1, 0.15) is 11.5 Å². The van der Waals surface area contributed by atoms with Gasteiger partial charge in [-0.15, -0.1) is 0 Å². The Balaban J connectivity index is 1.87. The summed E-state index contributed by atoms with van der Waals surface area (Å²) >= 11 is 0. The highest BCUT2D eigenvalue weighted by molar-refractivity contribution is 5.97. The molecule has 1 amide bonds. The van der Waals surface area contributed by atoms with E-state index in [1.165, 1.54) is 19.2 Å². The number of phenols is 2. The van der Waals surface area contributed by atoms with E-state index in [4.69, 9.17) is 4.74 Å². The third-order valence-corrected chi connectivity index (χ3v) is 4.45. The molecular weight excluding hydrogens is 322 g/mol. The molecule has 6 heteroatoms. The molecular formula is C19H19NO5. The van der Waals surface area contributed by atoms with Gasteiger partial charge in [0.05, 0.1) is 18.2 Å². The smallest absolute Gasteiger partial charge is 0.337 e. The molecule has 3 rings (SSSR count). The van der Waals surface area contributed by atoms with E-state index < -0.39 is 5.97 Å². The lowest BCUT2D eigenvalue weighted by Gasteiger charge is -2.17. The van der Waals surface area contributed by atoms with Gasteiger partial charge in [-0.1, -0.05) is 13.0 Å². The molecule has 1 heterocycles. The number of aromatic hydroxyl groups is 2. The van der Waals surface area contributed by atoms with Crippen LogP contribution >= 0.6 is 0 Å². The maximum absolute atomic E-state index is 12.8. The number of ether oxygens (including phenoxy) is 1. The topological polar surface area (TPSA) is 87.1 Å². The zero-order valence-electron chi connectivity index (χ0n) is 14.1. The average Bonchev–Trinajstić information content (AvgIpc) is 3.03. The van der Waals surface area contributed by atoms with Crippen molar-refractivity contribution >= 4 is 11.9 Å². The van der Waals surface area contributed by atoms with Gasteiger partial charge in [-0.25, -0.2) is 4.79 Å². The molecule has 0 saturated heterocycles. The standard InChI is InChI=1S/C19H19NO5/c1-3-11-7-15(17(22)8-16(11)21)18(23)20-9-13-5-4-12(19(24)25-2)6-14(13)10-20/h4-8,21-22H,3,9-10H2,1-2H3.